The van der Waals surface area contributed by atoms with Crippen LogP contribution in [0.15, 0.2) is 51.9 Å². The molecule has 27 heavy (non-hydrogen) atoms. The molecule has 0 unspecified atom stereocenters. The van der Waals surface area contributed by atoms with Gasteiger partial charge in [0.2, 0.25) is 0 Å². The maximum atomic E-state index is 6.03. The number of para-hydroxylation sites is 1. The summed E-state index contributed by atoms with van der Waals surface area (Å²) >= 11 is 0. The quantitative estimate of drug-likeness (QED) is 0.541. The number of methoxy groups -OCH3 is 1. The lowest BCUT2D eigenvalue weighted by molar-refractivity contribution is 0.297. The Hall–Kier alpha value is -3.35. The number of rotatable bonds is 4. The molecule has 0 bridgehead atoms. The minimum Gasteiger partial charge on any atom is -0.492 e. The number of benzene rings is 2. The monoisotopic (exact) mass is 367 g/mol. The number of anilines is 1. The highest BCUT2D eigenvalue weighted by Gasteiger charge is 2.14. The Morgan fingerprint density at radius 3 is 2.81 bits per heavy atom. The largest absolute Gasteiger partial charge is 0.492 e. The zero-order valence-corrected chi connectivity index (χ0v) is 15.0. The summed E-state index contributed by atoms with van der Waals surface area (Å²) in [4.78, 5) is 4.36. The highest BCUT2D eigenvalue weighted by Crippen LogP contribution is 2.34. The van der Waals surface area contributed by atoms with E-state index in [-0.39, 0.29) is 12.5 Å². The molecule has 0 aliphatic carbocycles. The van der Waals surface area contributed by atoms with Crippen LogP contribution in [0.2, 0.25) is 0 Å². The van der Waals surface area contributed by atoms with Crippen molar-refractivity contribution in [1.29, 1.82) is 0 Å². The Labute approximate surface area is 156 Å². The van der Waals surface area contributed by atoms with Gasteiger partial charge in [0.1, 0.15) is 12.1 Å². The first kappa shape index (κ1) is 17.1. The van der Waals surface area contributed by atoms with E-state index in [1.807, 2.05) is 42.5 Å². The Morgan fingerprint density at radius 2 is 1.96 bits per heavy atom. The van der Waals surface area contributed by atoms with E-state index in [4.69, 9.17) is 24.4 Å². The third-order valence-corrected chi connectivity index (χ3v) is 4.24. The molecule has 0 fully saturated rings. The second-order valence-electron chi connectivity index (χ2n) is 6.09. The smallest absolute Gasteiger partial charge is 0.193 e. The molecule has 1 aliphatic rings. The number of guanidine groups is 1. The van der Waals surface area contributed by atoms with Crippen molar-refractivity contribution >= 4 is 22.6 Å². The Balaban J connectivity index is 1.50. The van der Waals surface area contributed by atoms with Crippen molar-refractivity contribution in [2.24, 2.45) is 10.7 Å². The first-order valence-corrected chi connectivity index (χ1v) is 8.75. The van der Waals surface area contributed by atoms with Gasteiger partial charge in [-0.15, -0.1) is 0 Å². The predicted octanol–water partition coefficient (Wildman–Crippen LogP) is 3.53. The van der Waals surface area contributed by atoms with Gasteiger partial charge in [0, 0.05) is 18.2 Å². The van der Waals surface area contributed by atoms with Crippen LogP contribution in [-0.4, -0.2) is 26.3 Å². The number of nitrogens with zero attached hydrogens (tertiary/aromatic N) is 1. The summed E-state index contributed by atoms with van der Waals surface area (Å²) in [5, 5.41) is 3.98. The summed E-state index contributed by atoms with van der Waals surface area (Å²) in [7, 11) is 1.61. The van der Waals surface area contributed by atoms with Crippen LogP contribution in [0.25, 0.3) is 11.0 Å². The molecule has 0 amide bonds. The number of furan rings is 1. The van der Waals surface area contributed by atoms with Gasteiger partial charge in [-0.05, 0) is 24.3 Å². The van der Waals surface area contributed by atoms with Crippen LogP contribution in [0.4, 0.5) is 5.69 Å². The fourth-order valence-corrected chi connectivity index (χ4v) is 2.99. The first-order valence-electron chi connectivity index (χ1n) is 8.75. The highest BCUT2D eigenvalue weighted by molar-refractivity contribution is 5.92. The molecule has 0 radical (unpaired) electrons. The third-order valence-electron chi connectivity index (χ3n) is 4.24. The molecule has 4 rings (SSSR count). The number of aliphatic imine (C=N–C) groups is 1. The topological polar surface area (TPSA) is 91.2 Å². The molecule has 1 aromatic heterocycles. The molecule has 2 heterocycles. The third kappa shape index (κ3) is 3.62. The van der Waals surface area contributed by atoms with Gasteiger partial charge in [0.15, 0.2) is 29.0 Å². The van der Waals surface area contributed by atoms with E-state index in [0.717, 1.165) is 28.8 Å². The number of hydrogen-bond acceptors (Lipinski definition) is 5. The second-order valence-corrected chi connectivity index (χ2v) is 6.09. The van der Waals surface area contributed by atoms with E-state index in [1.165, 1.54) is 0 Å². The lowest BCUT2D eigenvalue weighted by Gasteiger charge is -2.10. The molecule has 3 N–H and O–H groups in total. The number of fused-ring (bicyclic) bond motifs is 2. The van der Waals surface area contributed by atoms with Crippen LogP contribution < -0.4 is 25.3 Å². The van der Waals surface area contributed by atoms with Gasteiger partial charge in [-0.3, -0.25) is 0 Å². The van der Waals surface area contributed by atoms with Gasteiger partial charge in [-0.2, -0.15) is 0 Å². The fraction of sp³-hybridized carbons (Fsp3) is 0.250. The lowest BCUT2D eigenvalue weighted by Crippen LogP contribution is -2.22. The van der Waals surface area contributed by atoms with Crippen LogP contribution in [-0.2, 0) is 6.54 Å². The van der Waals surface area contributed by atoms with Gasteiger partial charge in [-0.1, -0.05) is 12.1 Å². The molecule has 0 saturated carbocycles. The van der Waals surface area contributed by atoms with Crippen molar-refractivity contribution in [3.63, 3.8) is 0 Å². The number of nitrogens with one attached hydrogen (secondary N) is 1. The zero-order valence-electron chi connectivity index (χ0n) is 15.0. The van der Waals surface area contributed by atoms with Crippen molar-refractivity contribution in [3.8, 4) is 17.2 Å². The maximum absolute atomic E-state index is 6.03. The minimum absolute atomic E-state index is 0.265. The van der Waals surface area contributed by atoms with Crippen molar-refractivity contribution in [2.75, 3.05) is 25.6 Å². The molecule has 0 atom stereocenters. The van der Waals surface area contributed by atoms with E-state index in [1.54, 1.807) is 7.11 Å². The van der Waals surface area contributed by atoms with Crippen molar-refractivity contribution < 1.29 is 18.6 Å². The lowest BCUT2D eigenvalue weighted by atomic mass is 10.2. The van der Waals surface area contributed by atoms with Crippen molar-refractivity contribution in [3.05, 3.63) is 48.2 Å². The highest BCUT2D eigenvalue weighted by atomic mass is 16.5. The average Bonchev–Trinajstić information content (AvgIpc) is 2.87. The van der Waals surface area contributed by atoms with E-state index < -0.39 is 0 Å². The molecule has 2 aromatic carbocycles. The molecule has 1 aliphatic heterocycles. The van der Waals surface area contributed by atoms with Gasteiger partial charge in [-0.25, -0.2) is 4.99 Å². The van der Waals surface area contributed by atoms with E-state index in [2.05, 4.69) is 10.3 Å². The number of nitrogens with two attached hydrogens (primary N) is 1. The van der Waals surface area contributed by atoms with Gasteiger partial charge >= 0.3 is 0 Å². The molecular weight excluding hydrogens is 346 g/mol. The molecule has 0 spiro atoms. The summed E-state index contributed by atoms with van der Waals surface area (Å²) in [6.45, 7) is 1.55. The summed E-state index contributed by atoms with van der Waals surface area (Å²) in [6, 6.07) is 13.3. The standard InChI is InChI=1S/C20H21N3O4/c1-24-19-14-5-2-3-6-15(14)27-18(19)12-22-20(21)23-13-7-8-16-17(11-13)26-10-4-9-25-16/h2-3,5-8,11H,4,9-10,12H2,1H3,(H3,21,22,23). The second kappa shape index (κ2) is 7.49. The SMILES string of the molecule is COc1c(CN=C(N)Nc2ccc3c(c2)OCCCO3)oc2ccccc12. The zero-order chi connectivity index (χ0) is 18.6. The number of ether oxygens (including phenoxy) is 3. The fourth-order valence-electron chi connectivity index (χ4n) is 2.99. The van der Waals surface area contributed by atoms with Crippen molar-refractivity contribution in [1.82, 2.24) is 0 Å². The normalized spacial score (nSPS) is 14.0. The predicted molar refractivity (Wildman–Crippen MR) is 104 cm³/mol. The minimum atomic E-state index is 0.265. The van der Waals surface area contributed by atoms with Crippen LogP contribution in [0.5, 0.6) is 17.2 Å². The van der Waals surface area contributed by atoms with Crippen molar-refractivity contribution in [2.45, 2.75) is 13.0 Å². The number of hydrogen-bond donors (Lipinski definition) is 2. The van der Waals surface area contributed by atoms with Gasteiger partial charge in [0.05, 0.1) is 25.7 Å². The summed E-state index contributed by atoms with van der Waals surface area (Å²) in [5.41, 5.74) is 7.56. The Kier molecular flexibility index (Phi) is 4.74. The molecule has 3 aromatic rings. The van der Waals surface area contributed by atoms with E-state index in [9.17, 15) is 0 Å². The summed E-state index contributed by atoms with van der Waals surface area (Å²) in [6.07, 6.45) is 0.861. The molecule has 7 nitrogen and oxygen atoms in total. The van der Waals surface area contributed by atoms with Crippen LogP contribution in [0.3, 0.4) is 0 Å². The summed E-state index contributed by atoms with van der Waals surface area (Å²) in [5.74, 6) is 3.01. The van der Waals surface area contributed by atoms with Gasteiger partial charge < -0.3 is 29.7 Å². The Morgan fingerprint density at radius 1 is 1.15 bits per heavy atom. The molecular formula is C20H21N3O4. The average molecular weight is 367 g/mol. The molecule has 0 saturated heterocycles. The maximum Gasteiger partial charge on any atom is 0.193 e. The molecule has 7 heteroatoms. The van der Waals surface area contributed by atoms with E-state index in [0.29, 0.717) is 30.5 Å². The van der Waals surface area contributed by atoms with E-state index >= 15 is 0 Å². The van der Waals surface area contributed by atoms with Crippen LogP contribution >= 0.6 is 0 Å². The van der Waals surface area contributed by atoms with Crippen LogP contribution in [0.1, 0.15) is 12.2 Å². The summed E-state index contributed by atoms with van der Waals surface area (Å²) < 4.78 is 22.6. The first-order chi connectivity index (χ1) is 13.2. The molecule has 140 valence electrons. The van der Waals surface area contributed by atoms with Gasteiger partial charge in [0.25, 0.3) is 0 Å². The Bertz CT molecular complexity index is 981. The van der Waals surface area contributed by atoms with Crippen LogP contribution in [0, 0.1) is 0 Å².